The van der Waals surface area contributed by atoms with Gasteiger partial charge in [0.2, 0.25) is 0 Å². The van der Waals surface area contributed by atoms with Gasteiger partial charge in [0.15, 0.2) is 5.69 Å². The van der Waals surface area contributed by atoms with Gasteiger partial charge in [-0.25, -0.2) is 4.85 Å². The van der Waals surface area contributed by atoms with E-state index in [9.17, 15) is 31.1 Å². The van der Waals surface area contributed by atoms with Crippen LogP contribution in [0.15, 0.2) is 23.3 Å². The average molecular weight is 392 g/mol. The van der Waals surface area contributed by atoms with Gasteiger partial charge >= 0.3 is 12.4 Å². The van der Waals surface area contributed by atoms with Gasteiger partial charge in [0.05, 0.1) is 12.1 Å². The lowest BCUT2D eigenvalue weighted by atomic mass is 9.94. The molecule has 1 aliphatic rings. The van der Waals surface area contributed by atoms with Crippen LogP contribution in [0.3, 0.4) is 0 Å². The molecule has 0 saturated carbocycles. The third kappa shape index (κ3) is 3.99. The summed E-state index contributed by atoms with van der Waals surface area (Å²) in [6, 6.07) is 2.55. The maximum absolute atomic E-state index is 13.0. The van der Waals surface area contributed by atoms with Crippen LogP contribution in [0.2, 0.25) is 0 Å². The van der Waals surface area contributed by atoms with Crippen molar-refractivity contribution in [3.05, 3.63) is 35.2 Å². The third-order valence-electron chi connectivity index (χ3n) is 4.12. The van der Waals surface area contributed by atoms with E-state index in [1.807, 2.05) is 0 Å². The highest BCUT2D eigenvalue weighted by atomic mass is 19.4. The second kappa shape index (κ2) is 6.75. The molecular weight excluding hydrogens is 378 g/mol. The predicted molar refractivity (Wildman–Crippen MR) is 85.2 cm³/mol. The normalized spacial score (nSPS) is 20.3. The van der Waals surface area contributed by atoms with Crippen LogP contribution >= 0.6 is 0 Å². The summed E-state index contributed by atoms with van der Waals surface area (Å²) in [5.74, 6) is -0.934. The Hall–Kier alpha value is -2.77. The number of halogens is 6. The van der Waals surface area contributed by atoms with E-state index in [1.54, 1.807) is 0 Å². The summed E-state index contributed by atoms with van der Waals surface area (Å²) in [7, 11) is 0. The number of likely N-dealkylation sites (N-methyl/N-ethyl adjacent to an activating group) is 1. The fourth-order valence-corrected chi connectivity index (χ4v) is 2.69. The highest BCUT2D eigenvalue weighted by Gasteiger charge is 2.51. The summed E-state index contributed by atoms with van der Waals surface area (Å²) >= 11 is 0. The van der Waals surface area contributed by atoms with E-state index < -0.39 is 47.2 Å². The molecule has 1 amide bonds. The lowest BCUT2D eigenvalue weighted by molar-refractivity contribution is -0.137. The number of alkyl halides is 6. The first-order valence-electron chi connectivity index (χ1n) is 7.65. The Balaban J connectivity index is 2.31. The van der Waals surface area contributed by atoms with Crippen molar-refractivity contribution in [3.63, 3.8) is 0 Å². The Kier molecular flexibility index (Phi) is 5.14. The fraction of sp³-hybridized carbons (Fsp3) is 0.438. The molecule has 0 aliphatic carbocycles. The van der Waals surface area contributed by atoms with Crippen molar-refractivity contribution in [2.75, 3.05) is 11.9 Å². The molecule has 1 aliphatic heterocycles. The third-order valence-corrected chi connectivity index (χ3v) is 4.12. The molecule has 11 heteroatoms. The van der Waals surface area contributed by atoms with E-state index in [0.29, 0.717) is 6.07 Å². The zero-order valence-electron chi connectivity index (χ0n) is 14.2. The lowest BCUT2D eigenvalue weighted by Gasteiger charge is -2.32. The molecule has 0 bridgehead atoms. The highest BCUT2D eigenvalue weighted by Crippen LogP contribution is 2.39. The first-order valence-corrected chi connectivity index (χ1v) is 7.65. The molecule has 0 aromatic heterocycles. The maximum atomic E-state index is 13.0. The Morgan fingerprint density at radius 1 is 1.30 bits per heavy atom. The number of nitrogens with one attached hydrogen (secondary N) is 1. The van der Waals surface area contributed by atoms with Gasteiger partial charge < -0.3 is 5.32 Å². The zero-order valence-corrected chi connectivity index (χ0v) is 14.2. The number of rotatable bonds is 3. The molecule has 0 saturated heterocycles. The summed E-state index contributed by atoms with van der Waals surface area (Å²) < 4.78 is 77.8. The monoisotopic (exact) mass is 392 g/mol. The van der Waals surface area contributed by atoms with E-state index >= 15 is 0 Å². The number of nitrogens with zero attached hydrogens (tertiary/aromatic N) is 3. The number of hydrogen-bond acceptors (Lipinski definition) is 3. The van der Waals surface area contributed by atoms with Gasteiger partial charge in [-0.05, 0) is 26.0 Å². The fourth-order valence-electron chi connectivity index (χ4n) is 2.69. The predicted octanol–water partition coefficient (Wildman–Crippen LogP) is 4.60. The van der Waals surface area contributed by atoms with Crippen molar-refractivity contribution in [1.82, 2.24) is 5.01 Å². The Morgan fingerprint density at radius 2 is 1.93 bits per heavy atom. The molecule has 2 rings (SSSR count). The first-order chi connectivity index (χ1) is 12.3. The second-order valence-corrected chi connectivity index (χ2v) is 6.01. The quantitative estimate of drug-likeness (QED) is 0.604. The van der Waals surface area contributed by atoms with Crippen molar-refractivity contribution in [2.45, 2.75) is 38.2 Å². The maximum Gasteiger partial charge on any atom is 0.431 e. The molecule has 27 heavy (non-hydrogen) atoms. The van der Waals surface area contributed by atoms with E-state index in [4.69, 9.17) is 6.57 Å². The van der Waals surface area contributed by atoms with Gasteiger partial charge in [-0.2, -0.15) is 31.4 Å². The molecule has 0 radical (unpaired) electrons. The molecular formula is C16H14F6N4O. The van der Waals surface area contributed by atoms with E-state index in [1.165, 1.54) is 13.8 Å². The first kappa shape index (κ1) is 20.5. The second-order valence-electron chi connectivity index (χ2n) is 6.01. The smallest absolute Gasteiger partial charge is 0.324 e. The van der Waals surface area contributed by atoms with Crippen LogP contribution in [0.5, 0.6) is 0 Å². The molecule has 1 aromatic carbocycles. The summed E-state index contributed by atoms with van der Waals surface area (Å²) in [5.41, 5.74) is -5.02. The Bertz CT molecular complexity index is 824. The molecule has 1 unspecified atom stereocenters. The number of hydrazone groups is 1. The molecule has 146 valence electrons. The number of hydrogen-bond donors (Lipinski definition) is 1. The number of carbonyl (C=O) groups excluding carboxylic acids is 1. The van der Waals surface area contributed by atoms with Crippen LogP contribution in [0.1, 0.15) is 25.8 Å². The molecule has 1 atom stereocenters. The zero-order chi connectivity index (χ0) is 20.6. The van der Waals surface area contributed by atoms with E-state index in [0.717, 1.165) is 17.1 Å². The molecule has 5 nitrogen and oxygen atoms in total. The Morgan fingerprint density at radius 3 is 2.41 bits per heavy atom. The van der Waals surface area contributed by atoms with Crippen LogP contribution in [0, 0.1) is 6.57 Å². The summed E-state index contributed by atoms with van der Waals surface area (Å²) in [4.78, 5) is 15.3. The average Bonchev–Trinajstić information content (AvgIpc) is 2.92. The highest BCUT2D eigenvalue weighted by molar-refractivity contribution is 6.04. The summed E-state index contributed by atoms with van der Waals surface area (Å²) in [6.07, 6.45) is -10.3. The summed E-state index contributed by atoms with van der Waals surface area (Å²) in [6.45, 7) is 9.51. The van der Waals surface area contributed by atoms with Crippen LogP contribution in [0.4, 0.5) is 37.7 Å². The molecule has 1 N–H and O–H groups in total. The van der Waals surface area contributed by atoms with Crippen LogP contribution in [0.25, 0.3) is 4.85 Å². The SMILES string of the molecule is [C-]#[N+]c1ccc(NC(=O)C2(C)CC(C(F)(F)F)=NN2CC)cc1C(F)(F)F. The van der Waals surface area contributed by atoms with E-state index in [2.05, 4.69) is 15.3 Å². The van der Waals surface area contributed by atoms with Crippen LogP contribution in [-0.2, 0) is 11.0 Å². The van der Waals surface area contributed by atoms with Gasteiger partial charge in [-0.15, -0.1) is 0 Å². The minimum absolute atomic E-state index is 0.00599. The van der Waals surface area contributed by atoms with Crippen LogP contribution in [-0.4, -0.2) is 34.9 Å². The summed E-state index contributed by atoms with van der Waals surface area (Å²) in [5, 5.41) is 6.57. The molecule has 0 fully saturated rings. The van der Waals surface area contributed by atoms with Crippen molar-refractivity contribution >= 4 is 23.0 Å². The van der Waals surface area contributed by atoms with Gasteiger partial charge in [0.25, 0.3) is 5.91 Å². The largest absolute Gasteiger partial charge is 0.431 e. The number of benzene rings is 1. The minimum atomic E-state index is -4.82. The van der Waals surface area contributed by atoms with Crippen LogP contribution < -0.4 is 5.32 Å². The molecule has 0 spiro atoms. The van der Waals surface area contributed by atoms with Crippen molar-refractivity contribution < 1.29 is 31.1 Å². The number of anilines is 1. The van der Waals surface area contributed by atoms with E-state index in [-0.39, 0.29) is 12.2 Å². The van der Waals surface area contributed by atoms with Crippen molar-refractivity contribution in [3.8, 4) is 0 Å². The standard InChI is InChI=1S/C16H14F6N4O/c1-4-26-14(2,8-12(25-26)16(20,21)22)13(27)24-9-5-6-11(23-3)10(7-9)15(17,18)19/h5-7H,4,8H2,1-2H3,(H,24,27). The number of carbonyl (C=O) groups is 1. The van der Waals surface area contributed by atoms with Crippen molar-refractivity contribution in [1.29, 1.82) is 0 Å². The minimum Gasteiger partial charge on any atom is -0.324 e. The lowest BCUT2D eigenvalue weighted by Crippen LogP contribution is -2.50. The Labute approximate surface area is 150 Å². The molecule has 1 heterocycles. The topological polar surface area (TPSA) is 49.1 Å². The van der Waals surface area contributed by atoms with Gasteiger partial charge in [0.1, 0.15) is 11.3 Å². The van der Waals surface area contributed by atoms with Gasteiger partial charge in [0, 0.05) is 18.7 Å². The van der Waals surface area contributed by atoms with Gasteiger partial charge in [-0.3, -0.25) is 9.80 Å². The van der Waals surface area contributed by atoms with Crippen molar-refractivity contribution in [2.24, 2.45) is 5.10 Å². The number of amides is 1. The molecule has 1 aromatic rings. The van der Waals surface area contributed by atoms with Gasteiger partial charge in [-0.1, -0.05) is 6.07 Å².